The van der Waals surface area contributed by atoms with E-state index >= 15 is 0 Å². The van der Waals surface area contributed by atoms with Crippen LogP contribution >= 0.6 is 11.8 Å². The van der Waals surface area contributed by atoms with Crippen LogP contribution in [0.25, 0.3) is 11.4 Å². The van der Waals surface area contributed by atoms with Gasteiger partial charge in [-0.15, -0.1) is 10.2 Å². The van der Waals surface area contributed by atoms with Gasteiger partial charge in [-0.3, -0.25) is 4.79 Å². The largest absolute Gasteiger partial charge is 0.348 e. The van der Waals surface area contributed by atoms with E-state index in [0.717, 1.165) is 24.8 Å². The first kappa shape index (κ1) is 19.6. The molecule has 0 bridgehead atoms. The summed E-state index contributed by atoms with van der Waals surface area (Å²) in [6.45, 7) is 1.88. The van der Waals surface area contributed by atoms with Gasteiger partial charge in [0.25, 0.3) is 0 Å². The van der Waals surface area contributed by atoms with Crippen molar-refractivity contribution >= 4 is 17.7 Å². The number of hydrogen-bond acceptors (Lipinski definition) is 4. The van der Waals surface area contributed by atoms with Crippen molar-refractivity contribution in [2.45, 2.75) is 42.6 Å². The molecule has 1 heterocycles. The summed E-state index contributed by atoms with van der Waals surface area (Å²) in [4.78, 5) is 12.8. The van der Waals surface area contributed by atoms with Gasteiger partial charge in [0.15, 0.2) is 11.0 Å². The number of nitrogens with one attached hydrogen (secondary N) is 1. The minimum atomic E-state index is -0.312. The molecule has 1 aromatic heterocycles. The summed E-state index contributed by atoms with van der Waals surface area (Å²) in [6, 6.07) is 14.5. The number of fused-ring (bicyclic) bond motifs is 1. The average molecular weight is 411 g/mol. The van der Waals surface area contributed by atoms with Gasteiger partial charge in [-0.25, -0.2) is 4.39 Å². The Morgan fingerprint density at radius 1 is 1.21 bits per heavy atom. The Hall–Kier alpha value is -2.67. The highest BCUT2D eigenvalue weighted by Crippen LogP contribution is 2.31. The van der Waals surface area contributed by atoms with Crippen LogP contribution in [0.4, 0.5) is 4.39 Å². The minimum Gasteiger partial charge on any atom is -0.348 e. The van der Waals surface area contributed by atoms with Crippen LogP contribution in [-0.2, 0) is 18.3 Å². The normalized spacial score (nSPS) is 16.9. The molecule has 0 saturated heterocycles. The molecule has 0 radical (unpaired) electrons. The first-order valence-electron chi connectivity index (χ1n) is 9.73. The van der Waals surface area contributed by atoms with Gasteiger partial charge in [0.1, 0.15) is 5.82 Å². The van der Waals surface area contributed by atoms with Crippen molar-refractivity contribution < 1.29 is 9.18 Å². The summed E-state index contributed by atoms with van der Waals surface area (Å²) in [5, 5.41) is 12.0. The van der Waals surface area contributed by atoms with Crippen molar-refractivity contribution in [3.8, 4) is 11.4 Å². The molecule has 0 fully saturated rings. The molecule has 2 aromatic carbocycles. The van der Waals surface area contributed by atoms with Crippen LogP contribution in [0.3, 0.4) is 0 Å². The number of nitrogens with zero attached hydrogens (tertiary/aromatic N) is 3. The van der Waals surface area contributed by atoms with Gasteiger partial charge in [0.05, 0.1) is 11.3 Å². The highest BCUT2D eigenvalue weighted by Gasteiger charge is 2.25. The highest BCUT2D eigenvalue weighted by atomic mass is 32.2. The second kappa shape index (κ2) is 8.37. The van der Waals surface area contributed by atoms with Gasteiger partial charge in [0, 0.05) is 12.6 Å². The van der Waals surface area contributed by atoms with Gasteiger partial charge < -0.3 is 9.88 Å². The smallest absolute Gasteiger partial charge is 0.233 e. The number of amides is 1. The van der Waals surface area contributed by atoms with E-state index in [2.05, 4.69) is 27.6 Å². The molecule has 1 N–H and O–H groups in total. The molecule has 150 valence electrons. The molecular formula is C22H23FN4OS. The summed E-state index contributed by atoms with van der Waals surface area (Å²) in [7, 11) is 1.85. The maximum absolute atomic E-state index is 13.2. The maximum Gasteiger partial charge on any atom is 0.233 e. The van der Waals surface area contributed by atoms with Crippen LogP contribution in [-0.4, -0.2) is 25.9 Å². The molecule has 0 spiro atoms. The van der Waals surface area contributed by atoms with Crippen molar-refractivity contribution in [1.29, 1.82) is 0 Å². The molecule has 1 aliphatic rings. The van der Waals surface area contributed by atoms with Crippen LogP contribution in [0, 0.1) is 5.82 Å². The molecule has 2 atom stereocenters. The predicted molar refractivity (Wildman–Crippen MR) is 112 cm³/mol. The van der Waals surface area contributed by atoms with E-state index in [4.69, 9.17) is 0 Å². The van der Waals surface area contributed by atoms with Crippen molar-refractivity contribution in [3.05, 3.63) is 65.5 Å². The minimum absolute atomic E-state index is 0.0111. The third kappa shape index (κ3) is 4.19. The zero-order chi connectivity index (χ0) is 20.4. The fraction of sp³-hybridized carbons (Fsp3) is 0.318. The molecule has 29 heavy (non-hydrogen) atoms. The Labute approximate surface area is 173 Å². The first-order valence-corrected chi connectivity index (χ1v) is 10.6. The van der Waals surface area contributed by atoms with Crippen LogP contribution in [0.5, 0.6) is 0 Å². The lowest BCUT2D eigenvalue weighted by molar-refractivity contribution is -0.121. The zero-order valence-electron chi connectivity index (χ0n) is 16.4. The molecule has 5 nitrogen and oxygen atoms in total. The number of thioether (sulfide) groups is 1. The number of benzene rings is 2. The van der Waals surface area contributed by atoms with Crippen LogP contribution in [0.2, 0.25) is 0 Å². The zero-order valence-corrected chi connectivity index (χ0v) is 17.2. The van der Waals surface area contributed by atoms with Crippen LogP contribution in [0.1, 0.15) is 36.9 Å². The first-order chi connectivity index (χ1) is 14.0. The summed E-state index contributed by atoms with van der Waals surface area (Å²) >= 11 is 1.37. The van der Waals surface area contributed by atoms with Crippen molar-refractivity contribution in [1.82, 2.24) is 20.1 Å². The van der Waals surface area contributed by atoms with Crippen molar-refractivity contribution in [2.75, 3.05) is 0 Å². The maximum atomic E-state index is 13.2. The molecular weight excluding hydrogens is 387 g/mol. The lowest BCUT2D eigenvalue weighted by Gasteiger charge is -2.27. The van der Waals surface area contributed by atoms with Crippen LogP contribution in [0.15, 0.2) is 53.7 Å². The second-order valence-electron chi connectivity index (χ2n) is 7.28. The molecule has 1 aliphatic carbocycles. The Bertz CT molecular complexity index is 1020. The lowest BCUT2D eigenvalue weighted by atomic mass is 9.88. The third-order valence-corrected chi connectivity index (χ3v) is 6.41. The number of aryl methyl sites for hydroxylation is 1. The van der Waals surface area contributed by atoms with Crippen molar-refractivity contribution in [3.63, 3.8) is 0 Å². The van der Waals surface area contributed by atoms with E-state index in [1.165, 1.54) is 35.0 Å². The van der Waals surface area contributed by atoms with E-state index in [1.54, 1.807) is 12.1 Å². The summed E-state index contributed by atoms with van der Waals surface area (Å²) in [6.07, 6.45) is 3.10. The molecule has 4 rings (SSSR count). The Kier molecular flexibility index (Phi) is 5.67. The molecule has 0 aliphatic heterocycles. The van der Waals surface area contributed by atoms with Gasteiger partial charge in [-0.05, 0) is 61.6 Å². The van der Waals surface area contributed by atoms with E-state index in [-0.39, 0.29) is 23.0 Å². The molecule has 1 amide bonds. The topological polar surface area (TPSA) is 59.8 Å². The Balaban J connectivity index is 1.44. The summed E-state index contributed by atoms with van der Waals surface area (Å²) < 4.78 is 15.0. The summed E-state index contributed by atoms with van der Waals surface area (Å²) in [5.74, 6) is 0.337. The fourth-order valence-corrected chi connectivity index (χ4v) is 4.50. The lowest BCUT2D eigenvalue weighted by Crippen LogP contribution is -2.36. The number of hydrogen-bond donors (Lipinski definition) is 1. The number of halogens is 1. The highest BCUT2D eigenvalue weighted by molar-refractivity contribution is 8.00. The number of carbonyl (C=O) groups is 1. The SMILES string of the molecule is C[C@H](Sc1nnc(-c2ccc(F)cc2)n1C)C(=O)N[C@@H]1CCCc2ccccc21. The van der Waals surface area contributed by atoms with Gasteiger partial charge in [-0.2, -0.15) is 0 Å². The van der Waals surface area contributed by atoms with Crippen molar-refractivity contribution in [2.24, 2.45) is 7.05 Å². The van der Waals surface area contributed by atoms with Crippen LogP contribution < -0.4 is 5.32 Å². The van der Waals surface area contributed by atoms with E-state index < -0.39 is 0 Å². The molecule has 3 aromatic rings. The quantitative estimate of drug-likeness (QED) is 0.638. The van der Waals surface area contributed by atoms with Gasteiger partial charge in [0.2, 0.25) is 5.91 Å². The van der Waals surface area contributed by atoms with E-state index in [9.17, 15) is 9.18 Å². The second-order valence-corrected chi connectivity index (χ2v) is 8.59. The Morgan fingerprint density at radius 2 is 1.97 bits per heavy atom. The average Bonchev–Trinajstić information content (AvgIpc) is 3.09. The third-order valence-electron chi connectivity index (χ3n) is 5.27. The monoisotopic (exact) mass is 410 g/mol. The Morgan fingerprint density at radius 3 is 2.76 bits per heavy atom. The van der Waals surface area contributed by atoms with E-state index in [1.807, 2.05) is 30.7 Å². The van der Waals surface area contributed by atoms with E-state index in [0.29, 0.717) is 11.0 Å². The molecule has 0 saturated carbocycles. The number of carbonyl (C=O) groups excluding carboxylic acids is 1. The molecule has 7 heteroatoms. The summed E-state index contributed by atoms with van der Waals surface area (Å²) in [5.41, 5.74) is 3.33. The number of aromatic nitrogens is 3. The standard InChI is InChI=1S/C22H23FN4OS/c1-14(21(28)24-19-9-5-7-15-6-3-4-8-18(15)19)29-22-26-25-20(27(22)2)16-10-12-17(23)13-11-16/h3-4,6,8,10-14,19H,5,7,9H2,1-2H3,(H,24,28)/t14-,19+/m0/s1. The fourth-order valence-electron chi connectivity index (χ4n) is 3.67. The van der Waals surface area contributed by atoms with Gasteiger partial charge >= 0.3 is 0 Å². The van der Waals surface area contributed by atoms with Gasteiger partial charge in [-0.1, -0.05) is 36.0 Å². The molecule has 0 unspecified atom stereocenters. The predicted octanol–water partition coefficient (Wildman–Crippen LogP) is 4.30. The number of rotatable bonds is 5.